The average molecular weight is 357 g/mol. The lowest BCUT2D eigenvalue weighted by Gasteiger charge is -2.35. The molecule has 2 aromatic rings. The van der Waals surface area contributed by atoms with E-state index in [0.29, 0.717) is 11.6 Å². The van der Waals surface area contributed by atoms with Gasteiger partial charge in [-0.25, -0.2) is 0 Å². The zero-order valence-electron chi connectivity index (χ0n) is 14.0. The van der Waals surface area contributed by atoms with Gasteiger partial charge in [0.1, 0.15) is 0 Å². The second kappa shape index (κ2) is 8.82. The molecule has 1 aromatic heterocycles. The van der Waals surface area contributed by atoms with Crippen LogP contribution < -0.4 is 4.90 Å². The minimum Gasteiger partial charge on any atom is -0.395 e. The van der Waals surface area contributed by atoms with Crippen molar-refractivity contribution in [1.29, 1.82) is 0 Å². The molecule has 2 heterocycles. The first-order valence-electron chi connectivity index (χ1n) is 8.40. The number of nitrogens with zero attached hydrogens (tertiary/aromatic N) is 4. The highest BCUT2D eigenvalue weighted by Gasteiger charge is 2.18. The summed E-state index contributed by atoms with van der Waals surface area (Å²) in [6.07, 6.45) is 0.518. The molecule has 6 heteroatoms. The zero-order valence-corrected chi connectivity index (χ0v) is 14.8. The number of aromatic nitrogens is 2. The lowest BCUT2D eigenvalue weighted by atomic mass is 10.1. The summed E-state index contributed by atoms with van der Waals surface area (Å²) in [7, 11) is 0. The molecule has 1 aromatic carbocycles. The van der Waals surface area contributed by atoms with Crippen LogP contribution in [0, 0.1) is 11.8 Å². The van der Waals surface area contributed by atoms with Crippen LogP contribution in [0.3, 0.4) is 0 Å². The van der Waals surface area contributed by atoms with E-state index in [1.807, 2.05) is 18.2 Å². The van der Waals surface area contributed by atoms with E-state index in [9.17, 15) is 0 Å². The summed E-state index contributed by atoms with van der Waals surface area (Å²) >= 11 is 5.79. The lowest BCUT2D eigenvalue weighted by molar-refractivity contribution is 0.249. The molecule has 1 aliphatic heterocycles. The Bertz CT molecular complexity index is 729. The molecule has 1 fully saturated rings. The minimum atomic E-state index is 0.110. The van der Waals surface area contributed by atoms with Crippen molar-refractivity contribution in [3.63, 3.8) is 0 Å². The van der Waals surface area contributed by atoms with Crippen LogP contribution in [0.2, 0.25) is 5.15 Å². The van der Waals surface area contributed by atoms with Crippen LogP contribution in [0.25, 0.3) is 0 Å². The normalized spacial score (nSPS) is 14.9. The molecular formula is C19H21ClN4O. The van der Waals surface area contributed by atoms with Crippen LogP contribution in [0.1, 0.15) is 17.5 Å². The van der Waals surface area contributed by atoms with Crippen LogP contribution in [-0.2, 0) is 6.54 Å². The van der Waals surface area contributed by atoms with Gasteiger partial charge in [0, 0.05) is 44.7 Å². The molecule has 0 radical (unpaired) electrons. The molecule has 0 amide bonds. The number of hydrogen-bond donors (Lipinski definition) is 1. The summed E-state index contributed by atoms with van der Waals surface area (Å²) in [6, 6.07) is 12.0. The Labute approximate surface area is 153 Å². The van der Waals surface area contributed by atoms with Gasteiger partial charge in [0.2, 0.25) is 0 Å². The molecule has 0 unspecified atom stereocenters. The Balaban J connectivity index is 1.50. The first kappa shape index (κ1) is 17.7. The second-order valence-electron chi connectivity index (χ2n) is 5.95. The van der Waals surface area contributed by atoms with Gasteiger partial charge in [-0.1, -0.05) is 35.6 Å². The Morgan fingerprint density at radius 2 is 1.76 bits per heavy atom. The number of halogens is 1. The van der Waals surface area contributed by atoms with E-state index in [-0.39, 0.29) is 6.61 Å². The fourth-order valence-corrected chi connectivity index (χ4v) is 2.89. The van der Waals surface area contributed by atoms with E-state index in [1.165, 1.54) is 5.56 Å². The highest BCUT2D eigenvalue weighted by Crippen LogP contribution is 2.16. The fraction of sp³-hybridized carbons (Fsp3) is 0.368. The summed E-state index contributed by atoms with van der Waals surface area (Å²) in [5.74, 6) is 6.88. The van der Waals surface area contributed by atoms with Crippen LogP contribution >= 0.6 is 11.6 Å². The highest BCUT2D eigenvalue weighted by atomic mass is 35.5. The molecule has 0 spiro atoms. The van der Waals surface area contributed by atoms with Crippen molar-refractivity contribution in [2.75, 3.05) is 37.7 Å². The van der Waals surface area contributed by atoms with E-state index in [2.05, 4.69) is 44.0 Å². The smallest absolute Gasteiger partial charge is 0.151 e. The first-order chi connectivity index (χ1) is 12.2. The van der Waals surface area contributed by atoms with Crippen molar-refractivity contribution in [1.82, 2.24) is 15.1 Å². The van der Waals surface area contributed by atoms with Gasteiger partial charge in [0.15, 0.2) is 11.0 Å². The van der Waals surface area contributed by atoms with Gasteiger partial charge in [0.25, 0.3) is 0 Å². The molecule has 0 bridgehead atoms. The number of aliphatic hydroxyl groups excluding tert-OH is 1. The van der Waals surface area contributed by atoms with Gasteiger partial charge in [-0.2, -0.15) is 0 Å². The standard InChI is InChI=1S/C19H21ClN4O/c20-18-8-9-19(22-21-18)24-12-10-23(11-13-24)15-17-6-4-16(5-7-17)3-1-2-14-25/h4-9,25H,2,10-15H2. The molecule has 0 aliphatic carbocycles. The summed E-state index contributed by atoms with van der Waals surface area (Å²) in [6.45, 7) is 4.88. The molecule has 1 saturated heterocycles. The third-order valence-electron chi connectivity index (χ3n) is 4.14. The van der Waals surface area contributed by atoms with Crippen molar-refractivity contribution < 1.29 is 5.11 Å². The van der Waals surface area contributed by atoms with E-state index < -0.39 is 0 Å². The first-order valence-corrected chi connectivity index (χ1v) is 8.77. The molecule has 0 saturated carbocycles. The molecule has 5 nitrogen and oxygen atoms in total. The summed E-state index contributed by atoms with van der Waals surface area (Å²) in [5.41, 5.74) is 2.27. The predicted molar refractivity (Wildman–Crippen MR) is 99.6 cm³/mol. The monoisotopic (exact) mass is 356 g/mol. The third-order valence-corrected chi connectivity index (χ3v) is 4.35. The van der Waals surface area contributed by atoms with Gasteiger partial charge in [-0.3, -0.25) is 4.90 Å². The highest BCUT2D eigenvalue weighted by molar-refractivity contribution is 6.29. The van der Waals surface area contributed by atoms with Gasteiger partial charge in [-0.05, 0) is 29.8 Å². The second-order valence-corrected chi connectivity index (χ2v) is 6.34. The van der Waals surface area contributed by atoms with E-state index in [0.717, 1.165) is 44.1 Å². The number of rotatable bonds is 4. The molecule has 3 rings (SSSR count). The zero-order chi connectivity index (χ0) is 17.5. The number of aliphatic hydroxyl groups is 1. The maximum Gasteiger partial charge on any atom is 0.151 e. The maximum atomic E-state index is 8.75. The van der Waals surface area contributed by atoms with Gasteiger partial charge in [-0.15, -0.1) is 10.2 Å². The van der Waals surface area contributed by atoms with Crippen LogP contribution in [0.15, 0.2) is 36.4 Å². The van der Waals surface area contributed by atoms with Crippen LogP contribution in [0.4, 0.5) is 5.82 Å². The molecule has 130 valence electrons. The van der Waals surface area contributed by atoms with Crippen molar-refractivity contribution in [3.05, 3.63) is 52.7 Å². The van der Waals surface area contributed by atoms with Gasteiger partial charge < -0.3 is 10.0 Å². The maximum absolute atomic E-state index is 8.75. The summed E-state index contributed by atoms with van der Waals surface area (Å²) in [4.78, 5) is 4.67. The molecule has 25 heavy (non-hydrogen) atoms. The average Bonchev–Trinajstić information content (AvgIpc) is 2.65. The molecular weight excluding hydrogens is 336 g/mol. The Kier molecular flexibility index (Phi) is 6.24. The lowest BCUT2D eigenvalue weighted by Crippen LogP contribution is -2.46. The minimum absolute atomic E-state index is 0.110. The van der Waals surface area contributed by atoms with Crippen LogP contribution in [0.5, 0.6) is 0 Å². The van der Waals surface area contributed by atoms with Crippen molar-refractivity contribution in [2.45, 2.75) is 13.0 Å². The quantitative estimate of drug-likeness (QED) is 0.851. The number of piperazine rings is 1. The van der Waals surface area contributed by atoms with Crippen LogP contribution in [-0.4, -0.2) is 53.0 Å². The Morgan fingerprint density at radius 3 is 2.40 bits per heavy atom. The van der Waals surface area contributed by atoms with Crippen molar-refractivity contribution in [3.8, 4) is 11.8 Å². The fourth-order valence-electron chi connectivity index (χ4n) is 2.78. The molecule has 1 aliphatic rings. The van der Waals surface area contributed by atoms with E-state index in [4.69, 9.17) is 16.7 Å². The van der Waals surface area contributed by atoms with Gasteiger partial charge >= 0.3 is 0 Å². The largest absolute Gasteiger partial charge is 0.395 e. The Hall–Kier alpha value is -2.13. The van der Waals surface area contributed by atoms with Gasteiger partial charge in [0.05, 0.1) is 6.61 Å². The molecule has 1 N–H and O–H groups in total. The summed E-state index contributed by atoms with van der Waals surface area (Å²) < 4.78 is 0. The van der Waals surface area contributed by atoms with E-state index >= 15 is 0 Å². The third kappa shape index (κ3) is 5.17. The topological polar surface area (TPSA) is 52.5 Å². The number of hydrogen-bond acceptors (Lipinski definition) is 5. The Morgan fingerprint density at radius 1 is 1.00 bits per heavy atom. The van der Waals surface area contributed by atoms with Crippen molar-refractivity contribution in [2.24, 2.45) is 0 Å². The summed E-state index contributed by atoms with van der Waals surface area (Å²) in [5, 5.41) is 17.2. The SMILES string of the molecule is OCCC#Cc1ccc(CN2CCN(c3ccc(Cl)nn3)CC2)cc1. The van der Waals surface area contributed by atoms with E-state index in [1.54, 1.807) is 6.07 Å². The van der Waals surface area contributed by atoms with Crippen molar-refractivity contribution >= 4 is 17.4 Å². The number of anilines is 1. The number of benzene rings is 1. The predicted octanol–water partition coefficient (Wildman–Crippen LogP) is 2.19. The molecule has 0 atom stereocenters.